The van der Waals surface area contributed by atoms with Crippen molar-refractivity contribution in [1.82, 2.24) is 5.32 Å². The van der Waals surface area contributed by atoms with E-state index in [9.17, 15) is 18.3 Å². The highest BCUT2D eigenvalue weighted by atomic mass is 19.4. The summed E-state index contributed by atoms with van der Waals surface area (Å²) in [4.78, 5) is 0. The zero-order valence-electron chi connectivity index (χ0n) is 11.0. The summed E-state index contributed by atoms with van der Waals surface area (Å²) in [6, 6.07) is 5.98. The number of halogens is 3. The minimum atomic E-state index is -4.69. The van der Waals surface area contributed by atoms with Crippen molar-refractivity contribution < 1.29 is 23.0 Å². The van der Waals surface area contributed by atoms with Crippen molar-refractivity contribution in [2.24, 2.45) is 0 Å². The van der Waals surface area contributed by atoms with E-state index in [0.29, 0.717) is 5.56 Å². The lowest BCUT2D eigenvalue weighted by Crippen LogP contribution is -2.41. The van der Waals surface area contributed by atoms with Crippen LogP contribution in [0.25, 0.3) is 0 Å². The third-order valence-corrected chi connectivity index (χ3v) is 3.48. The molecule has 0 aromatic heterocycles. The first-order chi connectivity index (χ1) is 9.46. The standard InChI is InChI=1S/C14H18F3NO2/c15-14(16,17)20-13-8-4-1-5-10(13)9-18-11-6-2-3-7-12(11)19/h1,4-5,8,11-12,18-19H,2-3,6-7,9H2/t11-,12-/m0/s1. The topological polar surface area (TPSA) is 41.5 Å². The molecule has 0 unspecified atom stereocenters. The Hall–Kier alpha value is -1.27. The fourth-order valence-electron chi connectivity index (χ4n) is 2.46. The third-order valence-electron chi connectivity index (χ3n) is 3.48. The Balaban J connectivity index is 1.98. The van der Waals surface area contributed by atoms with Crippen LogP contribution < -0.4 is 10.1 Å². The SMILES string of the molecule is O[C@H]1CCCC[C@@H]1NCc1ccccc1OC(F)(F)F. The van der Waals surface area contributed by atoms with Gasteiger partial charge in [-0.1, -0.05) is 31.0 Å². The molecule has 112 valence electrons. The molecule has 2 atom stereocenters. The van der Waals surface area contributed by atoms with E-state index in [1.165, 1.54) is 12.1 Å². The highest BCUT2D eigenvalue weighted by Gasteiger charge is 2.32. The molecule has 0 aliphatic heterocycles. The number of rotatable bonds is 4. The van der Waals surface area contributed by atoms with Gasteiger partial charge in [0.15, 0.2) is 0 Å². The van der Waals surface area contributed by atoms with Crippen LogP contribution in [0.3, 0.4) is 0 Å². The number of benzene rings is 1. The Morgan fingerprint density at radius 3 is 2.60 bits per heavy atom. The van der Waals surface area contributed by atoms with Gasteiger partial charge >= 0.3 is 6.36 Å². The molecule has 20 heavy (non-hydrogen) atoms. The van der Waals surface area contributed by atoms with Gasteiger partial charge in [-0.2, -0.15) is 0 Å². The fraction of sp³-hybridized carbons (Fsp3) is 0.571. The highest BCUT2D eigenvalue weighted by molar-refractivity contribution is 5.33. The van der Waals surface area contributed by atoms with E-state index in [1.807, 2.05) is 0 Å². The first-order valence-corrected chi connectivity index (χ1v) is 6.71. The van der Waals surface area contributed by atoms with E-state index in [0.717, 1.165) is 25.7 Å². The Bertz CT molecular complexity index is 437. The normalized spacial score (nSPS) is 23.6. The predicted octanol–water partition coefficient (Wildman–Crippen LogP) is 2.98. The average molecular weight is 289 g/mol. The lowest BCUT2D eigenvalue weighted by Gasteiger charge is -2.28. The Morgan fingerprint density at radius 2 is 1.90 bits per heavy atom. The molecule has 1 aromatic carbocycles. The second kappa shape index (κ2) is 6.45. The Kier molecular flexibility index (Phi) is 4.88. The summed E-state index contributed by atoms with van der Waals surface area (Å²) in [5.74, 6) is -0.196. The van der Waals surface area contributed by atoms with Gasteiger partial charge in [-0.05, 0) is 18.9 Å². The van der Waals surface area contributed by atoms with E-state index >= 15 is 0 Å². The van der Waals surface area contributed by atoms with Crippen LogP contribution in [0.15, 0.2) is 24.3 Å². The van der Waals surface area contributed by atoms with Gasteiger partial charge in [-0.15, -0.1) is 13.2 Å². The van der Waals surface area contributed by atoms with Gasteiger partial charge in [0.25, 0.3) is 0 Å². The number of aliphatic hydroxyl groups is 1. The molecule has 2 rings (SSSR count). The Labute approximate surface area is 115 Å². The first kappa shape index (κ1) is 15.1. The molecular weight excluding hydrogens is 271 g/mol. The van der Waals surface area contributed by atoms with Crippen LogP contribution in [0.5, 0.6) is 5.75 Å². The van der Waals surface area contributed by atoms with E-state index in [1.54, 1.807) is 12.1 Å². The molecular formula is C14H18F3NO2. The summed E-state index contributed by atoms with van der Waals surface area (Å²) >= 11 is 0. The quantitative estimate of drug-likeness (QED) is 0.895. The molecule has 1 aliphatic rings. The van der Waals surface area contributed by atoms with Gasteiger partial charge in [0, 0.05) is 18.2 Å². The van der Waals surface area contributed by atoms with Gasteiger partial charge in [-0.25, -0.2) is 0 Å². The predicted molar refractivity (Wildman–Crippen MR) is 68.2 cm³/mol. The molecule has 6 heteroatoms. The van der Waals surface area contributed by atoms with Crippen LogP contribution in [0.4, 0.5) is 13.2 Å². The maximum atomic E-state index is 12.3. The molecule has 0 radical (unpaired) electrons. The second-order valence-corrected chi connectivity index (χ2v) is 4.99. The number of hydrogen-bond acceptors (Lipinski definition) is 3. The van der Waals surface area contributed by atoms with Crippen molar-refractivity contribution in [2.45, 2.75) is 50.7 Å². The molecule has 0 amide bonds. The third kappa shape index (κ3) is 4.38. The van der Waals surface area contributed by atoms with E-state index < -0.39 is 12.5 Å². The summed E-state index contributed by atoms with van der Waals surface area (Å²) in [6.45, 7) is 0.244. The molecule has 0 heterocycles. The van der Waals surface area contributed by atoms with Crippen molar-refractivity contribution in [3.63, 3.8) is 0 Å². The van der Waals surface area contributed by atoms with Crippen molar-refractivity contribution in [3.8, 4) is 5.75 Å². The molecule has 3 nitrogen and oxygen atoms in total. The number of hydrogen-bond donors (Lipinski definition) is 2. The summed E-state index contributed by atoms with van der Waals surface area (Å²) in [5.41, 5.74) is 0.433. The summed E-state index contributed by atoms with van der Waals surface area (Å²) in [5, 5.41) is 12.9. The van der Waals surface area contributed by atoms with Crippen LogP contribution in [0.2, 0.25) is 0 Å². The molecule has 2 N–H and O–H groups in total. The van der Waals surface area contributed by atoms with E-state index in [4.69, 9.17) is 0 Å². The smallest absolute Gasteiger partial charge is 0.405 e. The minimum Gasteiger partial charge on any atom is -0.405 e. The monoisotopic (exact) mass is 289 g/mol. The van der Waals surface area contributed by atoms with Crippen molar-refractivity contribution in [2.75, 3.05) is 0 Å². The molecule has 1 aromatic rings. The van der Waals surface area contributed by atoms with Crippen molar-refractivity contribution >= 4 is 0 Å². The molecule has 1 saturated carbocycles. The number of para-hydroxylation sites is 1. The van der Waals surface area contributed by atoms with Crippen LogP contribution in [0, 0.1) is 0 Å². The lowest BCUT2D eigenvalue weighted by atomic mass is 9.92. The van der Waals surface area contributed by atoms with Crippen LogP contribution in [0.1, 0.15) is 31.2 Å². The average Bonchev–Trinajstić information content (AvgIpc) is 2.37. The van der Waals surface area contributed by atoms with Gasteiger partial charge in [0.1, 0.15) is 5.75 Å². The number of ether oxygens (including phenoxy) is 1. The maximum absolute atomic E-state index is 12.3. The second-order valence-electron chi connectivity index (χ2n) is 4.99. The minimum absolute atomic E-state index is 0.0670. The number of nitrogens with one attached hydrogen (secondary N) is 1. The largest absolute Gasteiger partial charge is 0.573 e. The highest BCUT2D eigenvalue weighted by Crippen LogP contribution is 2.26. The lowest BCUT2D eigenvalue weighted by molar-refractivity contribution is -0.274. The van der Waals surface area contributed by atoms with Crippen molar-refractivity contribution in [3.05, 3.63) is 29.8 Å². The van der Waals surface area contributed by atoms with Crippen LogP contribution >= 0.6 is 0 Å². The summed E-state index contributed by atoms with van der Waals surface area (Å²) in [7, 11) is 0. The molecule has 1 aliphatic carbocycles. The van der Waals surface area contributed by atoms with E-state index in [-0.39, 0.29) is 18.3 Å². The number of aliphatic hydroxyl groups excluding tert-OH is 1. The summed E-state index contributed by atoms with van der Waals surface area (Å²) in [6.07, 6.45) is -1.54. The summed E-state index contributed by atoms with van der Waals surface area (Å²) < 4.78 is 40.9. The van der Waals surface area contributed by atoms with E-state index in [2.05, 4.69) is 10.1 Å². The van der Waals surface area contributed by atoms with Gasteiger partial charge < -0.3 is 15.2 Å². The molecule has 0 bridgehead atoms. The van der Waals surface area contributed by atoms with Crippen LogP contribution in [-0.2, 0) is 6.54 Å². The number of alkyl halides is 3. The molecule has 0 saturated heterocycles. The van der Waals surface area contributed by atoms with Gasteiger partial charge in [0.05, 0.1) is 6.10 Å². The molecule has 0 spiro atoms. The first-order valence-electron chi connectivity index (χ1n) is 6.71. The zero-order valence-corrected chi connectivity index (χ0v) is 11.0. The van der Waals surface area contributed by atoms with Crippen molar-refractivity contribution in [1.29, 1.82) is 0 Å². The maximum Gasteiger partial charge on any atom is 0.573 e. The Morgan fingerprint density at radius 1 is 1.20 bits per heavy atom. The fourth-order valence-corrected chi connectivity index (χ4v) is 2.46. The van der Waals surface area contributed by atoms with Gasteiger partial charge in [0.2, 0.25) is 0 Å². The van der Waals surface area contributed by atoms with Gasteiger partial charge in [-0.3, -0.25) is 0 Å². The van der Waals surface area contributed by atoms with Crippen LogP contribution in [-0.4, -0.2) is 23.6 Å². The molecule has 1 fully saturated rings. The zero-order chi connectivity index (χ0) is 14.6.